The first-order chi connectivity index (χ1) is 12.3. The average molecular weight is 379 g/mol. The second-order valence-electron chi connectivity index (χ2n) is 4.87. The number of carbonyl (C=O) groups is 1. The molecule has 0 radical (unpaired) electrons. The van der Waals surface area contributed by atoms with Crippen molar-refractivity contribution in [2.75, 3.05) is 0 Å². The Morgan fingerprint density at radius 3 is 2.77 bits per heavy atom. The van der Waals surface area contributed by atoms with Gasteiger partial charge in [0.2, 0.25) is 5.65 Å². The largest absolute Gasteiger partial charge is 0.521 e. The summed E-state index contributed by atoms with van der Waals surface area (Å²) < 4.78 is 33.5. The number of fused-ring (bicyclic) bond motifs is 1. The van der Waals surface area contributed by atoms with Crippen LogP contribution in [0.2, 0.25) is 0 Å². The maximum atomic E-state index is 12.0. The van der Waals surface area contributed by atoms with Crippen LogP contribution in [0.4, 0.5) is 5.69 Å². The van der Waals surface area contributed by atoms with Crippen molar-refractivity contribution in [2.45, 2.75) is 6.92 Å². The fourth-order valence-corrected chi connectivity index (χ4v) is 2.68. The third-order valence-corrected chi connectivity index (χ3v) is 3.82. The number of benzene rings is 1. The van der Waals surface area contributed by atoms with Crippen molar-refractivity contribution in [1.29, 1.82) is 0 Å². The van der Waals surface area contributed by atoms with Gasteiger partial charge in [0.05, 0.1) is 10.5 Å². The molecule has 134 valence electrons. The van der Waals surface area contributed by atoms with Crippen LogP contribution in [0.3, 0.4) is 0 Å². The highest BCUT2D eigenvalue weighted by atomic mass is 32.3. The molecule has 3 rings (SSSR count). The van der Waals surface area contributed by atoms with E-state index in [1.807, 2.05) is 0 Å². The van der Waals surface area contributed by atoms with E-state index in [1.165, 1.54) is 18.3 Å². The maximum absolute atomic E-state index is 12.0. The molecule has 0 aliphatic rings. The molecule has 0 spiro atoms. The third kappa shape index (κ3) is 3.41. The van der Waals surface area contributed by atoms with Crippen LogP contribution in [0.25, 0.3) is 11.2 Å². The van der Waals surface area contributed by atoms with Gasteiger partial charge in [-0.25, -0.2) is 9.27 Å². The molecule has 3 aromatic rings. The van der Waals surface area contributed by atoms with E-state index >= 15 is 0 Å². The van der Waals surface area contributed by atoms with Crippen molar-refractivity contribution >= 4 is 33.0 Å². The molecule has 13 heteroatoms. The van der Waals surface area contributed by atoms with Gasteiger partial charge in [-0.1, -0.05) is 4.85 Å². The zero-order chi connectivity index (χ0) is 18.9. The smallest absolute Gasteiger partial charge is 0.352 e. The number of nitrogens with zero attached hydrogens (tertiary/aromatic N) is 5. The number of rotatable bonds is 6. The minimum Gasteiger partial charge on any atom is -0.352 e. The predicted molar refractivity (Wildman–Crippen MR) is 84.6 cm³/mol. The zero-order valence-corrected chi connectivity index (χ0v) is 13.8. The second-order valence-corrected chi connectivity index (χ2v) is 6.00. The van der Waals surface area contributed by atoms with E-state index in [2.05, 4.69) is 19.6 Å². The van der Waals surface area contributed by atoms with Gasteiger partial charge in [0.25, 0.3) is 5.69 Å². The van der Waals surface area contributed by atoms with Gasteiger partial charge < -0.3 is 4.18 Å². The van der Waals surface area contributed by atoms with Crippen LogP contribution < -0.4 is 8.47 Å². The van der Waals surface area contributed by atoms with Gasteiger partial charge in [-0.3, -0.25) is 14.9 Å². The summed E-state index contributed by atoms with van der Waals surface area (Å²) in [5, 5.41) is 18.0. The van der Waals surface area contributed by atoms with Gasteiger partial charge >= 0.3 is 10.4 Å². The Balaban J connectivity index is 1.89. The number of ketones is 1. The number of hydrogen-bond donors (Lipinski definition) is 0. The van der Waals surface area contributed by atoms with Crippen molar-refractivity contribution < 1.29 is 26.6 Å². The number of carbonyl (C=O) groups excluding carboxylic acids is 1. The molecule has 0 fully saturated rings. The van der Waals surface area contributed by atoms with E-state index in [0.717, 1.165) is 25.1 Å². The lowest BCUT2D eigenvalue weighted by molar-refractivity contribution is -0.385. The molecule has 0 atom stereocenters. The molecule has 12 nitrogen and oxygen atoms in total. The van der Waals surface area contributed by atoms with Crippen LogP contribution in [0.15, 0.2) is 36.5 Å². The van der Waals surface area contributed by atoms with Crippen molar-refractivity contribution in [3.05, 3.63) is 52.2 Å². The number of nitro benzene ring substituents is 1. The Kier molecular flexibility index (Phi) is 4.21. The number of aromatic nitrogens is 4. The normalized spacial score (nSPS) is 11.3. The number of Topliss-reactive ketones (excluding diaryl/α,β-unsaturated/α-hetero) is 1. The highest BCUT2D eigenvalue weighted by molar-refractivity contribution is 7.82. The molecule has 0 saturated carbocycles. The van der Waals surface area contributed by atoms with Crippen LogP contribution in [-0.4, -0.2) is 39.3 Å². The first kappa shape index (κ1) is 17.2. The highest BCUT2D eigenvalue weighted by Crippen LogP contribution is 2.25. The fourth-order valence-electron chi connectivity index (χ4n) is 2.03. The Hall–Kier alpha value is -3.61. The summed E-state index contributed by atoms with van der Waals surface area (Å²) in [7, 11) is -4.67. The lowest BCUT2D eigenvalue weighted by Gasteiger charge is -2.08. The summed E-state index contributed by atoms with van der Waals surface area (Å²) in [6.07, 6.45) is 1.44. The number of nitro groups is 1. The molecule has 0 bridgehead atoms. The standard InChI is InChI=1S/C13H9N5O7S/c1-8(19)10-7-9(4-5-11(10)18(20)21)24-26(22,23)25-17-12-3-2-6-14-13(12)15-16-17/h2-7H,1H3. The summed E-state index contributed by atoms with van der Waals surface area (Å²) >= 11 is 0. The first-order valence-electron chi connectivity index (χ1n) is 6.87. The third-order valence-electron chi connectivity index (χ3n) is 3.10. The van der Waals surface area contributed by atoms with E-state index in [4.69, 9.17) is 4.18 Å². The van der Waals surface area contributed by atoms with E-state index in [9.17, 15) is 23.3 Å². The molecule has 0 saturated heterocycles. The highest BCUT2D eigenvalue weighted by Gasteiger charge is 2.23. The molecular formula is C13H9N5O7S. The molecule has 26 heavy (non-hydrogen) atoms. The summed E-state index contributed by atoms with van der Waals surface area (Å²) in [5.41, 5.74) is -0.459. The lowest BCUT2D eigenvalue weighted by atomic mass is 10.1. The first-order valence-corrected chi connectivity index (χ1v) is 8.20. The zero-order valence-electron chi connectivity index (χ0n) is 13.0. The molecular weight excluding hydrogens is 370 g/mol. The topological polar surface area (TPSA) is 156 Å². The van der Waals surface area contributed by atoms with Gasteiger partial charge in [-0.05, 0) is 36.4 Å². The van der Waals surface area contributed by atoms with Crippen LogP contribution in [0.1, 0.15) is 17.3 Å². The summed E-state index contributed by atoms with van der Waals surface area (Å²) in [6.45, 7) is 1.10. The van der Waals surface area contributed by atoms with Crippen LogP contribution in [0.5, 0.6) is 5.75 Å². The quantitative estimate of drug-likeness (QED) is 0.339. The molecule has 0 unspecified atom stereocenters. The predicted octanol–water partition coefficient (Wildman–Crippen LogP) is 0.689. The lowest BCUT2D eigenvalue weighted by Crippen LogP contribution is -2.25. The minimum absolute atomic E-state index is 0.150. The van der Waals surface area contributed by atoms with Gasteiger partial charge in [-0.2, -0.15) is 0 Å². The average Bonchev–Trinajstić information content (AvgIpc) is 2.96. The van der Waals surface area contributed by atoms with Crippen molar-refractivity contribution in [2.24, 2.45) is 0 Å². The summed E-state index contributed by atoms with van der Waals surface area (Å²) in [4.78, 5) is 26.1. The maximum Gasteiger partial charge on any atom is 0.521 e. The van der Waals surface area contributed by atoms with Gasteiger partial charge in [0.15, 0.2) is 11.3 Å². The molecule has 1 aromatic carbocycles. The second kappa shape index (κ2) is 6.36. The summed E-state index contributed by atoms with van der Waals surface area (Å²) in [6, 6.07) is 5.90. The van der Waals surface area contributed by atoms with Crippen LogP contribution >= 0.6 is 0 Å². The molecule has 0 aliphatic heterocycles. The molecule has 2 aromatic heterocycles. The van der Waals surface area contributed by atoms with Crippen molar-refractivity contribution in [3.63, 3.8) is 0 Å². The Morgan fingerprint density at radius 2 is 2.08 bits per heavy atom. The molecule has 0 aliphatic carbocycles. The minimum atomic E-state index is -4.67. The summed E-state index contributed by atoms with van der Waals surface area (Å²) in [5.74, 6) is -0.975. The molecule has 0 N–H and O–H groups in total. The molecule has 2 heterocycles. The Labute approximate surface area is 145 Å². The van der Waals surface area contributed by atoms with E-state index in [-0.39, 0.29) is 22.5 Å². The Bertz CT molecular complexity index is 1120. The van der Waals surface area contributed by atoms with Gasteiger partial charge in [0, 0.05) is 12.3 Å². The Morgan fingerprint density at radius 1 is 1.31 bits per heavy atom. The van der Waals surface area contributed by atoms with Crippen LogP contribution in [0, 0.1) is 10.1 Å². The van der Waals surface area contributed by atoms with E-state index < -0.39 is 26.8 Å². The molecule has 0 amide bonds. The SMILES string of the molecule is CC(=O)c1cc(OS(=O)(=O)On2nnc3ncccc32)ccc1[N+](=O)[O-]. The van der Waals surface area contributed by atoms with E-state index in [0.29, 0.717) is 4.85 Å². The van der Waals surface area contributed by atoms with E-state index in [1.54, 1.807) is 0 Å². The fraction of sp³-hybridized carbons (Fsp3) is 0.0769. The number of pyridine rings is 1. The van der Waals surface area contributed by atoms with Gasteiger partial charge in [-0.15, -0.1) is 13.5 Å². The monoisotopic (exact) mass is 379 g/mol. The van der Waals surface area contributed by atoms with Crippen LogP contribution in [-0.2, 0) is 10.4 Å². The van der Waals surface area contributed by atoms with Crippen molar-refractivity contribution in [1.82, 2.24) is 20.1 Å². The van der Waals surface area contributed by atoms with Gasteiger partial charge in [0.1, 0.15) is 5.75 Å². The number of hydrogen-bond acceptors (Lipinski definition) is 10. The van der Waals surface area contributed by atoms with Crippen molar-refractivity contribution in [3.8, 4) is 5.75 Å².